The molecule has 1 aromatic carbocycles. The van der Waals surface area contributed by atoms with Crippen LogP contribution in [0.1, 0.15) is 16.6 Å². The molecule has 1 atom stereocenters. The number of nitrogens with zero attached hydrogens (tertiary/aromatic N) is 3. The summed E-state index contributed by atoms with van der Waals surface area (Å²) in [5.74, 6) is 0.881. The Hall–Kier alpha value is -1.75. The van der Waals surface area contributed by atoms with Crippen molar-refractivity contribution < 1.29 is 4.79 Å². The lowest BCUT2D eigenvalue weighted by Gasteiger charge is -2.18. The predicted molar refractivity (Wildman–Crippen MR) is 78.2 cm³/mol. The van der Waals surface area contributed by atoms with Crippen LogP contribution in [-0.2, 0) is 7.05 Å². The Kier molecular flexibility index (Phi) is 4.27. The Morgan fingerprint density at radius 3 is 2.53 bits per heavy atom. The summed E-state index contributed by atoms with van der Waals surface area (Å²) in [6.07, 6.45) is 3.65. The lowest BCUT2D eigenvalue weighted by atomic mass is 10.1. The Balaban J connectivity index is 2.35. The molecule has 0 saturated carbocycles. The van der Waals surface area contributed by atoms with Gasteiger partial charge in [0.05, 0.1) is 5.25 Å². The topological polar surface area (TPSA) is 38.1 Å². The van der Waals surface area contributed by atoms with Crippen LogP contribution >= 0.6 is 11.8 Å². The number of aromatic nitrogens is 2. The molecule has 0 saturated heterocycles. The summed E-state index contributed by atoms with van der Waals surface area (Å²) in [5.41, 5.74) is 1.08. The van der Waals surface area contributed by atoms with Crippen LogP contribution in [0, 0.1) is 0 Å². The quantitative estimate of drug-likeness (QED) is 0.864. The van der Waals surface area contributed by atoms with Gasteiger partial charge < -0.3 is 9.47 Å². The Morgan fingerprint density at radius 2 is 2.00 bits per heavy atom. The minimum absolute atomic E-state index is 0.0249. The molecule has 0 aliphatic heterocycles. The maximum Gasteiger partial charge on any atom is 0.282 e. The van der Waals surface area contributed by atoms with E-state index in [9.17, 15) is 4.79 Å². The van der Waals surface area contributed by atoms with Crippen molar-refractivity contribution in [1.82, 2.24) is 14.5 Å². The van der Waals surface area contributed by atoms with Gasteiger partial charge in [-0.15, -0.1) is 0 Å². The van der Waals surface area contributed by atoms with E-state index in [-0.39, 0.29) is 10.5 Å². The molecule has 4 nitrogen and oxygen atoms in total. The first-order valence-corrected chi connectivity index (χ1v) is 6.87. The number of hydrogen-bond donors (Lipinski definition) is 0. The van der Waals surface area contributed by atoms with Crippen LogP contribution in [0.5, 0.6) is 0 Å². The molecule has 2 rings (SSSR count). The van der Waals surface area contributed by atoms with E-state index in [4.69, 9.17) is 0 Å². The van der Waals surface area contributed by atoms with Crippen LogP contribution in [0.2, 0.25) is 0 Å². The second-order valence-corrected chi connectivity index (χ2v) is 5.52. The highest BCUT2D eigenvalue weighted by molar-refractivity contribution is 8.13. The number of carbonyl (C=O) groups is 1. The van der Waals surface area contributed by atoms with Gasteiger partial charge in [-0.1, -0.05) is 30.3 Å². The Bertz CT molecular complexity index is 551. The highest BCUT2D eigenvalue weighted by Crippen LogP contribution is 2.35. The molecule has 0 bridgehead atoms. The van der Waals surface area contributed by atoms with Crippen molar-refractivity contribution in [3.05, 3.63) is 54.1 Å². The molecule has 0 N–H and O–H groups in total. The van der Waals surface area contributed by atoms with Crippen molar-refractivity contribution in [2.24, 2.45) is 7.05 Å². The zero-order valence-electron chi connectivity index (χ0n) is 11.3. The van der Waals surface area contributed by atoms with Crippen molar-refractivity contribution in [2.45, 2.75) is 5.25 Å². The number of benzene rings is 1. The minimum Gasteiger partial charge on any atom is -0.340 e. The number of hydrogen-bond acceptors (Lipinski definition) is 3. The summed E-state index contributed by atoms with van der Waals surface area (Å²) in [6.45, 7) is 0. The molecule has 1 heterocycles. The number of imidazole rings is 1. The van der Waals surface area contributed by atoms with E-state index in [1.165, 1.54) is 11.8 Å². The second-order valence-electron chi connectivity index (χ2n) is 4.47. The van der Waals surface area contributed by atoms with Gasteiger partial charge in [-0.05, 0) is 17.3 Å². The molecule has 0 spiro atoms. The zero-order valence-corrected chi connectivity index (χ0v) is 12.1. The summed E-state index contributed by atoms with van der Waals surface area (Å²) in [7, 11) is 5.46. The van der Waals surface area contributed by atoms with Crippen molar-refractivity contribution in [1.29, 1.82) is 0 Å². The molecule has 2 aromatic rings. The molecule has 100 valence electrons. The fourth-order valence-electron chi connectivity index (χ4n) is 1.73. The highest BCUT2D eigenvalue weighted by Gasteiger charge is 2.23. The first-order valence-electron chi connectivity index (χ1n) is 5.99. The summed E-state index contributed by atoms with van der Waals surface area (Å²) in [4.78, 5) is 17.9. The van der Waals surface area contributed by atoms with E-state index in [2.05, 4.69) is 4.98 Å². The van der Waals surface area contributed by atoms with Crippen LogP contribution in [0.15, 0.2) is 42.7 Å². The van der Waals surface area contributed by atoms with Gasteiger partial charge >= 0.3 is 0 Å². The number of thioether (sulfide) groups is 1. The van der Waals surface area contributed by atoms with E-state index in [1.54, 1.807) is 25.2 Å². The molecular formula is C14H17N3OS. The first kappa shape index (κ1) is 13.7. The van der Waals surface area contributed by atoms with E-state index in [0.29, 0.717) is 0 Å². The summed E-state index contributed by atoms with van der Waals surface area (Å²) in [5, 5.41) is -0.0621. The van der Waals surface area contributed by atoms with Crippen LogP contribution < -0.4 is 0 Å². The largest absolute Gasteiger partial charge is 0.340 e. The van der Waals surface area contributed by atoms with Crippen molar-refractivity contribution in [3.63, 3.8) is 0 Å². The predicted octanol–water partition coefficient (Wildman–Crippen LogP) is 2.92. The number of carbonyl (C=O) groups excluding carboxylic acids is 1. The molecule has 1 amide bonds. The third-order valence-electron chi connectivity index (χ3n) is 2.78. The molecule has 0 aliphatic carbocycles. The van der Waals surface area contributed by atoms with Gasteiger partial charge in [-0.2, -0.15) is 0 Å². The highest BCUT2D eigenvalue weighted by atomic mass is 32.2. The molecule has 5 heteroatoms. The minimum atomic E-state index is -0.0869. The van der Waals surface area contributed by atoms with Gasteiger partial charge in [0.1, 0.15) is 5.82 Å². The molecule has 19 heavy (non-hydrogen) atoms. The Morgan fingerprint density at radius 1 is 1.32 bits per heavy atom. The third kappa shape index (κ3) is 3.17. The Labute approximate surface area is 117 Å². The average Bonchev–Trinajstić information content (AvgIpc) is 2.82. The molecule has 0 fully saturated rings. The summed E-state index contributed by atoms with van der Waals surface area (Å²) < 4.78 is 1.95. The van der Waals surface area contributed by atoms with E-state index >= 15 is 0 Å². The first-order chi connectivity index (χ1) is 9.09. The standard InChI is InChI=1S/C14H17N3OS/c1-16(2)14(18)19-12(11-7-5-4-6-8-11)13-15-9-10-17(13)3/h4-10,12H,1-3H3/t12-/m0/s1. The maximum absolute atomic E-state index is 12.0. The second kappa shape index (κ2) is 5.93. The zero-order chi connectivity index (χ0) is 13.8. The van der Waals surface area contributed by atoms with Gasteiger partial charge in [0.25, 0.3) is 5.24 Å². The molecular weight excluding hydrogens is 258 g/mol. The lowest BCUT2D eigenvalue weighted by molar-refractivity contribution is 0.241. The monoisotopic (exact) mass is 275 g/mol. The number of amides is 1. The van der Waals surface area contributed by atoms with Gasteiger partial charge in [0, 0.05) is 33.5 Å². The summed E-state index contributed by atoms with van der Waals surface area (Å²) >= 11 is 1.28. The smallest absolute Gasteiger partial charge is 0.282 e. The van der Waals surface area contributed by atoms with Gasteiger partial charge in [0.15, 0.2) is 0 Å². The van der Waals surface area contributed by atoms with Gasteiger partial charge in [-0.25, -0.2) is 4.98 Å². The van der Waals surface area contributed by atoms with E-state index in [0.717, 1.165) is 11.4 Å². The number of aryl methyl sites for hydroxylation is 1. The van der Waals surface area contributed by atoms with Crippen LogP contribution in [0.3, 0.4) is 0 Å². The SMILES string of the molecule is CN(C)C(=O)S[C@@H](c1ccccc1)c1nccn1C. The number of rotatable bonds is 3. The summed E-state index contributed by atoms with van der Waals surface area (Å²) in [6, 6.07) is 9.97. The molecule has 0 unspecified atom stereocenters. The van der Waals surface area contributed by atoms with Crippen LogP contribution in [0.25, 0.3) is 0 Å². The third-order valence-corrected chi connectivity index (χ3v) is 4.06. The molecule has 0 radical (unpaired) electrons. The van der Waals surface area contributed by atoms with Gasteiger partial charge in [0.2, 0.25) is 0 Å². The molecule has 1 aromatic heterocycles. The van der Waals surface area contributed by atoms with E-state index in [1.807, 2.05) is 48.1 Å². The van der Waals surface area contributed by atoms with Crippen LogP contribution in [0.4, 0.5) is 4.79 Å². The van der Waals surface area contributed by atoms with E-state index < -0.39 is 0 Å². The molecule has 0 aliphatic rings. The average molecular weight is 275 g/mol. The van der Waals surface area contributed by atoms with Gasteiger partial charge in [-0.3, -0.25) is 4.79 Å². The fourth-order valence-corrected chi connectivity index (χ4v) is 2.77. The fraction of sp³-hybridized carbons (Fsp3) is 0.286. The van der Waals surface area contributed by atoms with Crippen molar-refractivity contribution in [3.8, 4) is 0 Å². The normalized spacial score (nSPS) is 12.2. The lowest BCUT2D eigenvalue weighted by Crippen LogP contribution is -2.19. The van der Waals surface area contributed by atoms with Crippen molar-refractivity contribution in [2.75, 3.05) is 14.1 Å². The van der Waals surface area contributed by atoms with Crippen molar-refractivity contribution >= 4 is 17.0 Å². The van der Waals surface area contributed by atoms with Crippen LogP contribution in [-0.4, -0.2) is 33.8 Å². The maximum atomic E-state index is 12.0.